The summed E-state index contributed by atoms with van der Waals surface area (Å²) in [5.41, 5.74) is 2.83. The lowest BCUT2D eigenvalue weighted by molar-refractivity contribution is -0.135. The SMILES string of the molecule is O=C1C(c2ccccc2)=CC(=O)[C@@]2(c3ccccc3)[C@@H](c3cc(Cl)ccc3O)C3=CC[C@@H]4C(=O)N(c5ccc(N6CCOCC6)cc5)C(=O)[C@@H]4[C@@H]3C[C@@H]12. The highest BCUT2D eigenvalue weighted by Gasteiger charge is 2.66. The number of imide groups is 1. The second-order valence-electron chi connectivity index (χ2n) is 14.6. The zero-order valence-corrected chi connectivity index (χ0v) is 29.6. The van der Waals surface area contributed by atoms with Gasteiger partial charge in [-0.25, -0.2) is 0 Å². The van der Waals surface area contributed by atoms with Gasteiger partial charge in [-0.1, -0.05) is 83.9 Å². The predicted octanol–water partition coefficient (Wildman–Crippen LogP) is 6.91. The molecule has 3 aliphatic carbocycles. The van der Waals surface area contributed by atoms with E-state index in [1.54, 1.807) is 12.1 Å². The number of ketones is 2. The van der Waals surface area contributed by atoms with Gasteiger partial charge in [-0.05, 0) is 78.4 Å². The topological polar surface area (TPSA) is 104 Å². The van der Waals surface area contributed by atoms with E-state index in [1.807, 2.05) is 91.0 Å². The Hall–Kier alpha value is -5.31. The normalized spacial score (nSPS) is 28.2. The van der Waals surface area contributed by atoms with Gasteiger partial charge in [0, 0.05) is 46.8 Å². The third kappa shape index (κ3) is 5.14. The van der Waals surface area contributed by atoms with Crippen LogP contribution in [-0.4, -0.2) is 54.8 Å². The summed E-state index contributed by atoms with van der Waals surface area (Å²) < 4.78 is 5.50. The number of phenols is 1. The molecule has 3 fully saturated rings. The molecule has 266 valence electrons. The highest BCUT2D eigenvalue weighted by Crippen LogP contribution is 2.64. The second kappa shape index (κ2) is 13.0. The summed E-state index contributed by atoms with van der Waals surface area (Å²) in [6, 6.07) is 30.7. The number of phenolic OH excluding ortho intramolecular Hbond substituents is 1. The molecule has 5 aliphatic rings. The van der Waals surface area contributed by atoms with E-state index in [9.17, 15) is 14.7 Å². The van der Waals surface area contributed by atoms with Gasteiger partial charge in [-0.2, -0.15) is 0 Å². The summed E-state index contributed by atoms with van der Waals surface area (Å²) in [5.74, 6) is -4.81. The minimum atomic E-state index is -1.45. The molecule has 4 aromatic carbocycles. The molecule has 53 heavy (non-hydrogen) atoms. The number of anilines is 2. The Labute approximate surface area is 312 Å². The monoisotopic (exact) mass is 724 g/mol. The van der Waals surface area contributed by atoms with Gasteiger partial charge >= 0.3 is 0 Å². The molecule has 2 saturated heterocycles. The number of morpholine rings is 1. The van der Waals surface area contributed by atoms with Crippen molar-refractivity contribution in [1.29, 1.82) is 0 Å². The molecule has 0 unspecified atom stereocenters. The van der Waals surface area contributed by atoms with Crippen LogP contribution in [0, 0.1) is 23.7 Å². The van der Waals surface area contributed by atoms with Crippen molar-refractivity contribution in [3.05, 3.63) is 143 Å². The average Bonchev–Trinajstić information content (AvgIpc) is 3.46. The molecule has 1 saturated carbocycles. The second-order valence-corrected chi connectivity index (χ2v) is 15.1. The fourth-order valence-corrected chi connectivity index (χ4v) is 10.0. The Morgan fingerprint density at radius 1 is 0.774 bits per heavy atom. The third-order valence-electron chi connectivity index (χ3n) is 12.2. The number of ether oxygens (including phenoxy) is 1. The van der Waals surface area contributed by atoms with Crippen molar-refractivity contribution in [3.63, 3.8) is 0 Å². The maximum atomic E-state index is 15.1. The summed E-state index contributed by atoms with van der Waals surface area (Å²) in [4.78, 5) is 62.7. The van der Waals surface area contributed by atoms with E-state index in [2.05, 4.69) is 4.90 Å². The Bertz CT molecular complexity index is 2210. The van der Waals surface area contributed by atoms with Crippen LogP contribution in [-0.2, 0) is 29.3 Å². The van der Waals surface area contributed by atoms with Crippen LogP contribution >= 0.6 is 11.6 Å². The molecule has 2 aliphatic heterocycles. The summed E-state index contributed by atoms with van der Waals surface area (Å²) in [7, 11) is 0. The highest BCUT2D eigenvalue weighted by molar-refractivity contribution is 6.32. The summed E-state index contributed by atoms with van der Waals surface area (Å²) >= 11 is 6.62. The number of halogens is 1. The van der Waals surface area contributed by atoms with Gasteiger partial charge in [0.15, 0.2) is 11.6 Å². The molecule has 6 atom stereocenters. The number of fused-ring (bicyclic) bond motifs is 4. The third-order valence-corrected chi connectivity index (χ3v) is 12.4. The average molecular weight is 725 g/mol. The summed E-state index contributed by atoms with van der Waals surface area (Å²) in [5, 5.41) is 11.9. The number of hydrogen-bond acceptors (Lipinski definition) is 7. The van der Waals surface area contributed by atoms with Crippen LogP contribution in [0.5, 0.6) is 5.75 Å². The first-order valence-electron chi connectivity index (χ1n) is 18.2. The van der Waals surface area contributed by atoms with Gasteiger partial charge in [0.1, 0.15) is 5.75 Å². The number of carbonyl (C=O) groups excluding carboxylic acids is 4. The summed E-state index contributed by atoms with van der Waals surface area (Å²) in [6.07, 6.45) is 3.91. The molecule has 2 heterocycles. The smallest absolute Gasteiger partial charge is 0.238 e. The number of aromatic hydroxyl groups is 1. The number of nitrogens with zero attached hydrogens (tertiary/aromatic N) is 2. The molecule has 0 radical (unpaired) electrons. The van der Waals surface area contributed by atoms with E-state index in [-0.39, 0.29) is 42.0 Å². The van der Waals surface area contributed by atoms with Crippen LogP contribution in [0.4, 0.5) is 11.4 Å². The van der Waals surface area contributed by atoms with Crippen molar-refractivity contribution in [2.75, 3.05) is 36.1 Å². The Balaban J connectivity index is 1.19. The standard InChI is InChI=1S/C44H37ClN2O6/c45-28-11-18-37(48)35(23-28)40-31-16-17-32-39(43(52)47(42(32)51)30-14-12-29(13-15-30)46-19-21-53-22-20-46)34(31)24-36-41(50)33(26-7-3-1-4-8-26)25-38(49)44(36,40)27-9-5-2-6-10-27/h1-16,18,23,25,32,34,36,39-40,48H,17,19-22,24H2/t32-,34+,36-,39-,40+,44-/m0/s1. The van der Waals surface area contributed by atoms with Crippen molar-refractivity contribution in [1.82, 2.24) is 0 Å². The number of hydrogen-bond donors (Lipinski definition) is 1. The Morgan fingerprint density at radius 2 is 1.45 bits per heavy atom. The van der Waals surface area contributed by atoms with Gasteiger partial charge in [0.2, 0.25) is 11.8 Å². The first-order chi connectivity index (χ1) is 25.8. The van der Waals surface area contributed by atoms with Gasteiger partial charge in [0.25, 0.3) is 0 Å². The first-order valence-corrected chi connectivity index (χ1v) is 18.6. The number of carbonyl (C=O) groups is 4. The maximum Gasteiger partial charge on any atom is 0.238 e. The summed E-state index contributed by atoms with van der Waals surface area (Å²) in [6.45, 7) is 2.81. The van der Waals surface area contributed by atoms with Crippen LogP contribution in [0.3, 0.4) is 0 Å². The number of allylic oxidation sites excluding steroid dienone is 4. The van der Waals surface area contributed by atoms with E-state index in [4.69, 9.17) is 16.3 Å². The minimum Gasteiger partial charge on any atom is -0.508 e. The van der Waals surface area contributed by atoms with Crippen molar-refractivity contribution >= 4 is 51.9 Å². The fourth-order valence-electron chi connectivity index (χ4n) is 9.86. The van der Waals surface area contributed by atoms with E-state index < -0.39 is 35.0 Å². The van der Waals surface area contributed by atoms with Gasteiger partial charge < -0.3 is 14.7 Å². The molecule has 8 nitrogen and oxygen atoms in total. The molecule has 9 rings (SSSR count). The minimum absolute atomic E-state index is 0.0639. The fraction of sp³-hybridized carbons (Fsp3) is 0.273. The van der Waals surface area contributed by atoms with Gasteiger partial charge in [-0.3, -0.25) is 24.1 Å². The maximum absolute atomic E-state index is 15.1. The molecule has 0 bridgehead atoms. The van der Waals surface area contributed by atoms with Crippen molar-refractivity contribution < 1.29 is 29.0 Å². The molecular weight excluding hydrogens is 688 g/mol. The van der Waals surface area contributed by atoms with E-state index in [0.29, 0.717) is 46.2 Å². The van der Waals surface area contributed by atoms with Gasteiger partial charge in [-0.15, -0.1) is 0 Å². The van der Waals surface area contributed by atoms with Gasteiger partial charge in [0.05, 0.1) is 36.2 Å². The first kappa shape index (κ1) is 33.5. The zero-order chi connectivity index (χ0) is 36.4. The van der Waals surface area contributed by atoms with Crippen LogP contribution < -0.4 is 9.80 Å². The van der Waals surface area contributed by atoms with Crippen LogP contribution in [0.15, 0.2) is 121 Å². The van der Waals surface area contributed by atoms with Crippen LogP contribution in [0.1, 0.15) is 35.4 Å². The van der Waals surface area contributed by atoms with Crippen molar-refractivity contribution in [3.8, 4) is 5.75 Å². The lowest BCUT2D eigenvalue weighted by atomic mass is 9.44. The number of Topliss-reactive ketones (excluding diaryl/α,β-unsaturated/α-hetero) is 1. The Morgan fingerprint density at radius 3 is 2.17 bits per heavy atom. The highest BCUT2D eigenvalue weighted by atomic mass is 35.5. The largest absolute Gasteiger partial charge is 0.508 e. The molecule has 4 aromatic rings. The zero-order valence-electron chi connectivity index (χ0n) is 28.9. The molecule has 0 spiro atoms. The quantitative estimate of drug-likeness (QED) is 0.176. The van der Waals surface area contributed by atoms with E-state index >= 15 is 9.59 Å². The lowest BCUT2D eigenvalue weighted by Crippen LogP contribution is -2.58. The van der Waals surface area contributed by atoms with E-state index in [0.717, 1.165) is 24.4 Å². The number of rotatable bonds is 5. The molecule has 1 N–H and O–H groups in total. The molecule has 9 heteroatoms. The number of amides is 2. The van der Waals surface area contributed by atoms with Crippen LogP contribution in [0.2, 0.25) is 5.02 Å². The molecule has 0 aromatic heterocycles. The van der Waals surface area contributed by atoms with Crippen molar-refractivity contribution in [2.45, 2.75) is 24.2 Å². The Kier molecular flexibility index (Phi) is 8.20. The van der Waals surface area contributed by atoms with Crippen LogP contribution in [0.25, 0.3) is 5.57 Å². The van der Waals surface area contributed by atoms with Crippen molar-refractivity contribution in [2.24, 2.45) is 23.7 Å². The predicted molar refractivity (Wildman–Crippen MR) is 202 cm³/mol. The number of benzene rings is 4. The molecular formula is C44H37ClN2O6. The van der Waals surface area contributed by atoms with E-state index in [1.165, 1.54) is 17.0 Å². The molecule has 2 amide bonds. The lowest BCUT2D eigenvalue weighted by Gasteiger charge is -2.55.